The van der Waals surface area contributed by atoms with E-state index in [1.54, 1.807) is 18.2 Å². The van der Waals surface area contributed by atoms with Gasteiger partial charge < -0.3 is 14.2 Å². The fourth-order valence-corrected chi connectivity index (χ4v) is 3.36. The minimum absolute atomic E-state index is 0.0656. The van der Waals surface area contributed by atoms with Crippen molar-refractivity contribution in [2.75, 3.05) is 21.3 Å². The summed E-state index contributed by atoms with van der Waals surface area (Å²) in [7, 11) is -0.402. The van der Waals surface area contributed by atoms with Crippen molar-refractivity contribution in [1.82, 2.24) is 10.3 Å². The van der Waals surface area contributed by atoms with Gasteiger partial charge in [0.05, 0.1) is 21.3 Å². The molecule has 0 fully saturated rings. The zero-order valence-corrected chi connectivity index (χ0v) is 16.8. The van der Waals surface area contributed by atoms with Crippen molar-refractivity contribution in [2.24, 2.45) is 0 Å². The van der Waals surface area contributed by atoms with Crippen molar-refractivity contribution in [3.8, 4) is 11.5 Å². The molecule has 0 atom stereocenters. The first-order valence-electron chi connectivity index (χ1n) is 8.21. The Balaban J connectivity index is 2.37. The van der Waals surface area contributed by atoms with Gasteiger partial charge in [-0.1, -0.05) is 18.2 Å². The van der Waals surface area contributed by atoms with Crippen LogP contribution in [0.25, 0.3) is 6.08 Å². The smallest absolute Gasteiger partial charge is 0.330 e. The number of hydrogen-bond donors (Lipinski definition) is 2. The van der Waals surface area contributed by atoms with Gasteiger partial charge in [-0.2, -0.15) is 0 Å². The number of hydrazine groups is 1. The van der Waals surface area contributed by atoms with Gasteiger partial charge in [-0.25, -0.2) is 13.2 Å². The third kappa shape index (κ3) is 5.56. The molecule has 2 N–H and O–H groups in total. The number of carbonyl (C=O) groups excluding carboxylic acids is 2. The summed E-state index contributed by atoms with van der Waals surface area (Å²) in [6.45, 7) is 0. The summed E-state index contributed by atoms with van der Waals surface area (Å²) in [5.74, 6) is -1.20. The molecule has 0 bridgehead atoms. The summed E-state index contributed by atoms with van der Waals surface area (Å²) in [6.07, 6.45) is 2.48. The third-order valence-electron chi connectivity index (χ3n) is 3.70. The van der Waals surface area contributed by atoms with Gasteiger partial charge in [0.15, 0.2) is 11.5 Å². The molecule has 2 rings (SSSR count). The number of methoxy groups -OCH3 is 3. The Bertz CT molecular complexity index is 1020. The lowest BCUT2D eigenvalue weighted by molar-refractivity contribution is -0.134. The van der Waals surface area contributed by atoms with Crippen molar-refractivity contribution in [3.63, 3.8) is 0 Å². The number of amides is 1. The molecule has 0 radical (unpaired) electrons. The SMILES string of the molecule is COC(=O)/C=C/c1cc(OC)c(OC)c(S(=O)(=O)NNC(=O)c2ccccc2)c1. The van der Waals surface area contributed by atoms with E-state index in [2.05, 4.69) is 10.2 Å². The second-order valence-corrected chi connectivity index (χ2v) is 7.19. The van der Waals surface area contributed by atoms with E-state index < -0.39 is 21.9 Å². The molecule has 2 aromatic rings. The van der Waals surface area contributed by atoms with Gasteiger partial charge in [-0.05, 0) is 35.9 Å². The first-order valence-corrected chi connectivity index (χ1v) is 9.70. The molecule has 0 aliphatic heterocycles. The van der Waals surface area contributed by atoms with E-state index >= 15 is 0 Å². The summed E-state index contributed by atoms with van der Waals surface area (Å²) in [5, 5.41) is 0. The Kier molecular flexibility index (Phi) is 7.34. The van der Waals surface area contributed by atoms with Crippen LogP contribution in [0.5, 0.6) is 11.5 Å². The normalized spacial score (nSPS) is 11.1. The Morgan fingerprint density at radius 2 is 1.69 bits per heavy atom. The van der Waals surface area contributed by atoms with Gasteiger partial charge in [-0.15, -0.1) is 4.83 Å². The first-order chi connectivity index (χ1) is 13.8. The highest BCUT2D eigenvalue weighted by Gasteiger charge is 2.24. The van der Waals surface area contributed by atoms with Crippen LogP contribution in [0.4, 0.5) is 0 Å². The van der Waals surface area contributed by atoms with E-state index in [0.717, 1.165) is 6.08 Å². The van der Waals surface area contributed by atoms with Crippen LogP contribution in [0.2, 0.25) is 0 Å². The minimum atomic E-state index is -4.24. The van der Waals surface area contributed by atoms with E-state index in [1.165, 1.54) is 51.7 Å². The zero-order chi connectivity index (χ0) is 21.4. The van der Waals surface area contributed by atoms with Crippen molar-refractivity contribution in [2.45, 2.75) is 4.90 Å². The molecule has 0 aliphatic rings. The lowest BCUT2D eigenvalue weighted by Crippen LogP contribution is -2.41. The van der Waals surface area contributed by atoms with E-state index in [4.69, 9.17) is 9.47 Å². The first kappa shape index (κ1) is 21.9. The Labute approximate surface area is 168 Å². The fourth-order valence-electron chi connectivity index (χ4n) is 2.31. The van der Waals surface area contributed by atoms with Gasteiger partial charge in [-0.3, -0.25) is 10.2 Å². The average molecular weight is 420 g/mol. The van der Waals surface area contributed by atoms with Gasteiger partial charge in [0.25, 0.3) is 15.9 Å². The van der Waals surface area contributed by atoms with Crippen molar-refractivity contribution < 1.29 is 32.2 Å². The molecule has 2 aromatic carbocycles. The molecule has 10 heteroatoms. The summed E-state index contributed by atoms with van der Waals surface area (Å²) in [4.78, 5) is 25.2. The van der Waals surface area contributed by atoms with E-state index in [9.17, 15) is 18.0 Å². The highest BCUT2D eigenvalue weighted by atomic mass is 32.2. The molecule has 9 nitrogen and oxygen atoms in total. The maximum absolute atomic E-state index is 12.8. The topological polar surface area (TPSA) is 120 Å². The lowest BCUT2D eigenvalue weighted by Gasteiger charge is -2.15. The minimum Gasteiger partial charge on any atom is -0.493 e. The number of ether oxygens (including phenoxy) is 3. The summed E-state index contributed by atoms with van der Waals surface area (Å²) in [5.41, 5.74) is 2.75. The largest absolute Gasteiger partial charge is 0.493 e. The fraction of sp³-hybridized carbons (Fsp3) is 0.158. The highest BCUT2D eigenvalue weighted by molar-refractivity contribution is 7.89. The number of esters is 1. The molecular formula is C19H20N2O7S. The van der Waals surface area contributed by atoms with Gasteiger partial charge in [0.2, 0.25) is 0 Å². The predicted molar refractivity (Wildman–Crippen MR) is 105 cm³/mol. The number of nitrogens with one attached hydrogen (secondary N) is 2. The van der Waals surface area contributed by atoms with Crippen molar-refractivity contribution in [1.29, 1.82) is 0 Å². The van der Waals surface area contributed by atoms with Gasteiger partial charge in [0.1, 0.15) is 4.90 Å². The molecule has 0 aromatic heterocycles. The van der Waals surface area contributed by atoms with Crippen LogP contribution >= 0.6 is 0 Å². The number of rotatable bonds is 8. The standard InChI is InChI=1S/C19H20N2O7S/c1-26-15-11-13(9-10-17(22)27-2)12-16(18(15)28-3)29(24,25)21-20-19(23)14-7-5-4-6-8-14/h4-12,21H,1-3H3,(H,20,23)/b10-9+. The monoisotopic (exact) mass is 420 g/mol. The summed E-state index contributed by atoms with van der Waals surface area (Å²) < 4.78 is 40.4. The number of benzene rings is 2. The third-order valence-corrected chi connectivity index (χ3v) is 4.96. The summed E-state index contributed by atoms with van der Waals surface area (Å²) in [6, 6.07) is 10.8. The predicted octanol–water partition coefficient (Wildman–Crippen LogP) is 1.51. The van der Waals surface area contributed by atoms with Crippen molar-refractivity contribution >= 4 is 28.0 Å². The second kappa shape index (κ2) is 9.71. The Morgan fingerprint density at radius 1 is 1.00 bits per heavy atom. The molecule has 0 aliphatic carbocycles. The second-order valence-electron chi connectivity index (χ2n) is 5.54. The van der Waals surface area contributed by atoms with Crippen LogP contribution in [-0.4, -0.2) is 41.6 Å². The Morgan fingerprint density at radius 3 is 2.28 bits per heavy atom. The number of sulfonamides is 1. The van der Waals surface area contributed by atoms with Crippen LogP contribution in [0.15, 0.2) is 53.4 Å². The Hall–Kier alpha value is -3.37. The van der Waals surface area contributed by atoms with Crippen LogP contribution in [0.3, 0.4) is 0 Å². The van der Waals surface area contributed by atoms with Crippen molar-refractivity contribution in [3.05, 3.63) is 59.7 Å². The van der Waals surface area contributed by atoms with Crippen LogP contribution < -0.4 is 19.7 Å². The number of carbonyl (C=O) groups is 2. The molecule has 0 heterocycles. The zero-order valence-electron chi connectivity index (χ0n) is 16.0. The maximum atomic E-state index is 12.8. The van der Waals surface area contributed by atoms with E-state index in [-0.39, 0.29) is 22.0 Å². The molecule has 0 unspecified atom stereocenters. The quantitative estimate of drug-likeness (QED) is 0.377. The molecule has 0 saturated heterocycles. The highest BCUT2D eigenvalue weighted by Crippen LogP contribution is 2.35. The molecule has 0 spiro atoms. The molecule has 154 valence electrons. The summed E-state index contributed by atoms with van der Waals surface area (Å²) >= 11 is 0. The van der Waals surface area contributed by atoms with Crippen LogP contribution in [-0.2, 0) is 19.6 Å². The molecular weight excluding hydrogens is 400 g/mol. The number of hydrogen-bond acceptors (Lipinski definition) is 7. The van der Waals surface area contributed by atoms with Crippen LogP contribution in [0.1, 0.15) is 15.9 Å². The lowest BCUT2D eigenvalue weighted by atomic mass is 10.2. The van der Waals surface area contributed by atoms with E-state index in [0.29, 0.717) is 5.56 Å². The molecule has 0 saturated carbocycles. The van der Waals surface area contributed by atoms with Gasteiger partial charge in [0, 0.05) is 11.6 Å². The average Bonchev–Trinajstić information content (AvgIpc) is 2.75. The molecule has 29 heavy (non-hydrogen) atoms. The maximum Gasteiger partial charge on any atom is 0.330 e. The van der Waals surface area contributed by atoms with E-state index in [1.807, 2.05) is 4.83 Å². The van der Waals surface area contributed by atoms with Gasteiger partial charge >= 0.3 is 5.97 Å². The molecule has 1 amide bonds. The van der Waals surface area contributed by atoms with Crippen LogP contribution in [0, 0.1) is 0 Å².